The fraction of sp³-hybridized carbons (Fsp3) is 0.269. The van der Waals surface area contributed by atoms with Gasteiger partial charge in [0.1, 0.15) is 24.9 Å². The minimum absolute atomic E-state index is 0.325. The van der Waals surface area contributed by atoms with Crippen LogP contribution in [0.3, 0.4) is 0 Å². The summed E-state index contributed by atoms with van der Waals surface area (Å²) in [4.78, 5) is 17.3. The molecule has 1 aromatic heterocycles. The number of aryl methyl sites for hydroxylation is 1. The Bertz CT molecular complexity index is 1310. The number of hydrogen-bond donors (Lipinski definition) is 0. The topological polar surface area (TPSA) is 73.5 Å². The van der Waals surface area contributed by atoms with Crippen LogP contribution in [0.1, 0.15) is 29.7 Å². The van der Waals surface area contributed by atoms with Crippen molar-refractivity contribution in [1.82, 2.24) is 14.5 Å². The van der Waals surface area contributed by atoms with Gasteiger partial charge in [0.15, 0.2) is 5.84 Å². The van der Waals surface area contributed by atoms with Gasteiger partial charge in [-0.25, -0.2) is 9.37 Å². The lowest BCUT2D eigenvalue weighted by Gasteiger charge is -2.37. The molecule has 0 spiro atoms. The third-order valence-electron chi connectivity index (χ3n) is 6.17. The monoisotopic (exact) mass is 475 g/mol. The van der Waals surface area contributed by atoms with Crippen molar-refractivity contribution in [2.24, 2.45) is 10.3 Å². The number of imidazole rings is 1. The van der Waals surface area contributed by atoms with Gasteiger partial charge in [0, 0.05) is 18.3 Å². The summed E-state index contributed by atoms with van der Waals surface area (Å²) >= 11 is 0. The van der Waals surface area contributed by atoms with Gasteiger partial charge in [0.25, 0.3) is 5.72 Å². The number of oxime groups is 2. The van der Waals surface area contributed by atoms with Crippen LogP contribution in [0.4, 0.5) is 4.39 Å². The van der Waals surface area contributed by atoms with Gasteiger partial charge in [0.05, 0.1) is 24.8 Å². The minimum Gasteiger partial charge on any atom is -0.495 e. The highest BCUT2D eigenvalue weighted by Crippen LogP contribution is 2.39. The molecule has 0 aliphatic carbocycles. The van der Waals surface area contributed by atoms with Crippen molar-refractivity contribution >= 4 is 18.1 Å². The zero-order chi connectivity index (χ0) is 24.4. The highest BCUT2D eigenvalue weighted by atomic mass is 19.1. The zero-order valence-corrected chi connectivity index (χ0v) is 19.8. The maximum absolute atomic E-state index is 13.6. The van der Waals surface area contributed by atoms with E-state index in [2.05, 4.69) is 21.4 Å². The third kappa shape index (κ3) is 4.14. The molecule has 2 aliphatic heterocycles. The van der Waals surface area contributed by atoms with Gasteiger partial charge in [-0.2, -0.15) is 0 Å². The van der Waals surface area contributed by atoms with Crippen LogP contribution in [-0.4, -0.2) is 47.3 Å². The van der Waals surface area contributed by atoms with Crippen LogP contribution >= 0.6 is 0 Å². The number of ether oxygens (including phenoxy) is 1. The molecule has 3 aromatic rings. The van der Waals surface area contributed by atoms with E-state index in [0.717, 1.165) is 46.9 Å². The summed E-state index contributed by atoms with van der Waals surface area (Å²) in [5, 5.41) is 8.43. The smallest absolute Gasteiger partial charge is 0.276 e. The largest absolute Gasteiger partial charge is 0.495 e. The van der Waals surface area contributed by atoms with E-state index >= 15 is 0 Å². The number of aromatic nitrogens is 2. The predicted molar refractivity (Wildman–Crippen MR) is 131 cm³/mol. The zero-order valence-electron chi connectivity index (χ0n) is 19.8. The summed E-state index contributed by atoms with van der Waals surface area (Å²) in [5.41, 5.74) is 3.45. The fourth-order valence-corrected chi connectivity index (χ4v) is 4.49. The van der Waals surface area contributed by atoms with E-state index in [1.54, 1.807) is 31.8 Å². The molecule has 2 aromatic carbocycles. The van der Waals surface area contributed by atoms with Gasteiger partial charge in [-0.3, -0.25) is 0 Å². The number of methoxy groups -OCH3 is 1. The first-order valence-electron chi connectivity index (χ1n) is 11.3. The van der Waals surface area contributed by atoms with E-state index in [0.29, 0.717) is 12.1 Å². The molecule has 8 nitrogen and oxygen atoms in total. The van der Waals surface area contributed by atoms with Crippen molar-refractivity contribution in [3.05, 3.63) is 83.2 Å². The van der Waals surface area contributed by atoms with Crippen molar-refractivity contribution in [3.8, 4) is 11.4 Å². The van der Waals surface area contributed by atoms with Crippen molar-refractivity contribution in [1.29, 1.82) is 0 Å². The normalized spacial score (nSPS) is 20.6. The van der Waals surface area contributed by atoms with Gasteiger partial charge >= 0.3 is 0 Å². The molecule has 35 heavy (non-hydrogen) atoms. The van der Waals surface area contributed by atoms with Crippen LogP contribution in [0.25, 0.3) is 11.8 Å². The van der Waals surface area contributed by atoms with E-state index in [-0.39, 0.29) is 5.82 Å². The summed E-state index contributed by atoms with van der Waals surface area (Å²) in [6.45, 7) is 2.65. The van der Waals surface area contributed by atoms with Crippen LogP contribution < -0.4 is 4.74 Å². The molecule has 0 unspecified atom stereocenters. The number of fused-ring (bicyclic) bond motifs is 1. The van der Waals surface area contributed by atoms with Crippen LogP contribution in [0.5, 0.6) is 5.75 Å². The Kier molecular flexibility index (Phi) is 5.98. The molecule has 5 rings (SSSR count). The first-order chi connectivity index (χ1) is 17.0. The molecule has 0 N–H and O–H groups in total. The Hall–Kier alpha value is -4.14. The number of halogens is 1. The van der Waals surface area contributed by atoms with Gasteiger partial charge in [-0.05, 0) is 73.4 Å². The lowest BCUT2D eigenvalue weighted by molar-refractivity contribution is -0.0457. The van der Waals surface area contributed by atoms with Crippen molar-refractivity contribution < 1.29 is 18.8 Å². The molecule has 180 valence electrons. The van der Waals surface area contributed by atoms with E-state index < -0.39 is 5.72 Å². The summed E-state index contributed by atoms with van der Waals surface area (Å²) in [5.74, 6) is 1.13. The Labute approximate surface area is 202 Å². The first-order valence-corrected chi connectivity index (χ1v) is 11.3. The SMILES string of the molecule is CO/N=C/[C@]1(c2ccc(F)cc2)ON=C2/C(=C/c3ccc(-n4cnc(C)c4)c(OC)c3)CCCN21. The second kappa shape index (κ2) is 9.25. The Balaban J connectivity index is 1.49. The standard InChI is InChI=1S/C26H26FN5O3/c1-18-15-31(17-28-18)23-11-6-19(14-24(23)33-2)13-20-5-4-12-32-25(20)30-35-26(32,16-29-34-3)21-7-9-22(27)10-8-21/h6-11,13-17H,4-5,12H2,1-3H3/b20-13+,29-16+/t26-/m1/s1. The molecule has 1 atom stereocenters. The quantitative estimate of drug-likeness (QED) is 0.384. The number of rotatable bonds is 6. The molecule has 3 heterocycles. The minimum atomic E-state index is -1.11. The summed E-state index contributed by atoms with van der Waals surface area (Å²) < 4.78 is 21.2. The molecular weight excluding hydrogens is 449 g/mol. The van der Waals surface area contributed by atoms with Gasteiger partial charge < -0.3 is 23.9 Å². The van der Waals surface area contributed by atoms with Crippen LogP contribution in [0.15, 0.2) is 70.9 Å². The van der Waals surface area contributed by atoms with E-state index in [1.807, 2.05) is 40.8 Å². The lowest BCUT2D eigenvalue weighted by Crippen LogP contribution is -2.50. The Morgan fingerprint density at radius 1 is 1.17 bits per heavy atom. The van der Waals surface area contributed by atoms with E-state index in [1.165, 1.54) is 19.2 Å². The first kappa shape index (κ1) is 22.6. The fourth-order valence-electron chi connectivity index (χ4n) is 4.49. The molecule has 0 amide bonds. The average Bonchev–Trinajstić information content (AvgIpc) is 3.48. The molecule has 0 saturated carbocycles. The summed E-state index contributed by atoms with van der Waals surface area (Å²) in [7, 11) is 3.12. The molecule has 1 saturated heterocycles. The summed E-state index contributed by atoms with van der Waals surface area (Å²) in [6, 6.07) is 12.2. The van der Waals surface area contributed by atoms with Crippen molar-refractivity contribution in [2.45, 2.75) is 25.5 Å². The number of benzene rings is 2. The molecule has 0 radical (unpaired) electrons. The average molecular weight is 476 g/mol. The van der Waals surface area contributed by atoms with Gasteiger partial charge in [0.2, 0.25) is 0 Å². The van der Waals surface area contributed by atoms with Crippen LogP contribution in [-0.2, 0) is 15.4 Å². The summed E-state index contributed by atoms with van der Waals surface area (Å²) in [6.07, 6.45) is 9.10. The second-order valence-corrected chi connectivity index (χ2v) is 8.40. The predicted octanol–water partition coefficient (Wildman–Crippen LogP) is 4.64. The highest BCUT2D eigenvalue weighted by molar-refractivity contribution is 6.05. The maximum atomic E-state index is 13.6. The van der Waals surface area contributed by atoms with Crippen LogP contribution in [0, 0.1) is 12.7 Å². The highest BCUT2D eigenvalue weighted by Gasteiger charge is 2.49. The van der Waals surface area contributed by atoms with Gasteiger partial charge in [-0.1, -0.05) is 16.4 Å². The Morgan fingerprint density at radius 3 is 2.71 bits per heavy atom. The second-order valence-electron chi connectivity index (χ2n) is 8.40. The number of hydrogen-bond acceptors (Lipinski definition) is 7. The third-order valence-corrected chi connectivity index (χ3v) is 6.17. The molecule has 2 aliphatic rings. The van der Waals surface area contributed by atoms with Crippen LogP contribution in [0.2, 0.25) is 0 Å². The molecule has 9 heteroatoms. The van der Waals surface area contributed by atoms with E-state index in [9.17, 15) is 4.39 Å². The molecule has 1 fully saturated rings. The maximum Gasteiger partial charge on any atom is 0.276 e. The van der Waals surface area contributed by atoms with Crippen molar-refractivity contribution in [2.75, 3.05) is 20.8 Å². The number of nitrogens with zero attached hydrogens (tertiary/aromatic N) is 5. The number of amidine groups is 1. The molecule has 0 bridgehead atoms. The van der Waals surface area contributed by atoms with E-state index in [4.69, 9.17) is 14.4 Å². The lowest BCUT2D eigenvalue weighted by atomic mass is 9.95. The Morgan fingerprint density at radius 2 is 2.00 bits per heavy atom. The number of piperidine rings is 1. The van der Waals surface area contributed by atoms with Crippen molar-refractivity contribution in [3.63, 3.8) is 0 Å². The molecular formula is C26H26FN5O3. The van der Waals surface area contributed by atoms with Gasteiger partial charge in [-0.15, -0.1) is 0 Å².